The van der Waals surface area contributed by atoms with Crippen molar-refractivity contribution in [3.8, 4) is 0 Å². The van der Waals surface area contributed by atoms with Crippen LogP contribution in [0.15, 0.2) is 41.8 Å². The number of amides is 2. The highest BCUT2D eigenvalue weighted by Crippen LogP contribution is 2.39. The van der Waals surface area contributed by atoms with E-state index in [4.69, 9.17) is 5.73 Å². The Morgan fingerprint density at radius 3 is 2.55 bits per heavy atom. The van der Waals surface area contributed by atoms with Crippen LogP contribution in [-0.2, 0) is 4.79 Å². The molecule has 0 unspecified atom stereocenters. The zero-order valence-corrected chi connectivity index (χ0v) is 18.7. The molecule has 33 heavy (non-hydrogen) atoms. The lowest BCUT2D eigenvalue weighted by molar-refractivity contribution is -0.115. The van der Waals surface area contributed by atoms with Gasteiger partial charge in [0, 0.05) is 25.7 Å². The number of carbonyl (C=O) groups excluding carboxylic acids is 2. The predicted octanol–water partition coefficient (Wildman–Crippen LogP) is 0.375. The number of anilines is 2. The topological polar surface area (TPSA) is 180 Å². The molecule has 1 saturated carbocycles. The van der Waals surface area contributed by atoms with Crippen LogP contribution in [-0.4, -0.2) is 61.8 Å². The average molecular weight is 454 g/mol. The summed E-state index contributed by atoms with van der Waals surface area (Å²) in [5, 5.41) is 18.0. The summed E-state index contributed by atoms with van der Waals surface area (Å²) in [5.41, 5.74) is 5.71. The van der Waals surface area contributed by atoms with E-state index in [0.717, 1.165) is 19.0 Å². The van der Waals surface area contributed by atoms with Crippen molar-refractivity contribution in [1.29, 1.82) is 0 Å². The van der Waals surface area contributed by atoms with E-state index in [1.165, 1.54) is 25.8 Å². The van der Waals surface area contributed by atoms with Crippen LogP contribution >= 0.6 is 0 Å². The number of hydrogen-bond donors (Lipinski definition) is 5. The highest BCUT2D eigenvalue weighted by molar-refractivity contribution is 6.45. The zero-order valence-electron chi connectivity index (χ0n) is 18.7. The van der Waals surface area contributed by atoms with Crippen LogP contribution in [0.1, 0.15) is 48.8 Å². The number of carbonyl (C=O) groups is 2. The number of aliphatic hydroxyl groups is 1. The van der Waals surface area contributed by atoms with Crippen molar-refractivity contribution < 1.29 is 14.7 Å². The fraction of sp³-hybridized carbons (Fsp3) is 0.381. The van der Waals surface area contributed by atoms with Gasteiger partial charge in [0.25, 0.3) is 11.8 Å². The van der Waals surface area contributed by atoms with Crippen molar-refractivity contribution in [3.05, 3.63) is 48.2 Å². The normalized spacial score (nSPS) is 14.5. The Morgan fingerprint density at radius 2 is 1.97 bits per heavy atom. The second-order valence-electron chi connectivity index (χ2n) is 8.12. The summed E-state index contributed by atoms with van der Waals surface area (Å²) in [6.07, 6.45) is 9.11. The monoisotopic (exact) mass is 453 g/mol. The van der Waals surface area contributed by atoms with Gasteiger partial charge in [-0.3, -0.25) is 14.6 Å². The highest BCUT2D eigenvalue weighted by atomic mass is 16.3. The zero-order chi connectivity index (χ0) is 24.0. The molecule has 0 aliphatic heterocycles. The molecule has 0 spiro atoms. The molecule has 2 aromatic heterocycles. The molecule has 6 N–H and O–H groups in total. The SMILES string of the molecule is CN=C(C(=O)NCC(C)(C)O)C(=CN)NC(=O)c1nc(C2CC2)cnc1Nc1cncnc1. The Kier molecular flexibility index (Phi) is 7.28. The molecule has 0 atom stereocenters. The maximum absolute atomic E-state index is 13.2. The second kappa shape index (κ2) is 10.1. The summed E-state index contributed by atoms with van der Waals surface area (Å²) in [7, 11) is 1.39. The van der Waals surface area contributed by atoms with Gasteiger partial charge in [-0.25, -0.2) is 19.9 Å². The van der Waals surface area contributed by atoms with Crippen LogP contribution in [0.25, 0.3) is 0 Å². The summed E-state index contributed by atoms with van der Waals surface area (Å²) in [4.78, 5) is 46.4. The molecule has 3 rings (SSSR count). The lowest BCUT2D eigenvalue weighted by Crippen LogP contribution is -2.44. The Balaban J connectivity index is 1.83. The Labute approximate surface area is 190 Å². The van der Waals surface area contributed by atoms with E-state index < -0.39 is 17.4 Å². The number of rotatable bonds is 9. The molecular weight excluding hydrogens is 426 g/mol. The minimum absolute atomic E-state index is 0.0108. The number of aliphatic imine (C=N–C) groups is 1. The Hall–Kier alpha value is -3.93. The molecule has 174 valence electrons. The molecule has 1 fully saturated rings. The molecule has 0 radical (unpaired) electrons. The first-order chi connectivity index (χ1) is 15.7. The van der Waals surface area contributed by atoms with Gasteiger partial charge in [0.1, 0.15) is 12.0 Å². The molecule has 12 nitrogen and oxygen atoms in total. The molecule has 2 amide bonds. The van der Waals surface area contributed by atoms with Crippen LogP contribution in [0.5, 0.6) is 0 Å². The van der Waals surface area contributed by atoms with E-state index in [9.17, 15) is 14.7 Å². The van der Waals surface area contributed by atoms with Crippen LogP contribution in [0.3, 0.4) is 0 Å². The predicted molar refractivity (Wildman–Crippen MR) is 122 cm³/mol. The molecule has 1 aliphatic rings. The quantitative estimate of drug-likeness (QED) is 0.335. The standard InChI is InChI=1S/C21H27N9O3/c1-21(2,33)10-27-19(31)16(23-3)14(6-22)30-20(32)17-18(28-13-7-24-11-25-8-13)26-9-15(29-17)12-4-5-12/h6-9,11-12,33H,4-5,10,22H2,1-3H3,(H,26,28)(H,27,31)(H,30,32). The van der Waals surface area contributed by atoms with Crippen molar-refractivity contribution in [3.63, 3.8) is 0 Å². The third-order valence-electron chi connectivity index (χ3n) is 4.62. The number of aromatic nitrogens is 4. The van der Waals surface area contributed by atoms with E-state index in [1.807, 2.05) is 0 Å². The van der Waals surface area contributed by atoms with Crippen molar-refractivity contribution in [2.24, 2.45) is 10.7 Å². The van der Waals surface area contributed by atoms with Gasteiger partial charge in [-0.2, -0.15) is 0 Å². The van der Waals surface area contributed by atoms with Crippen molar-refractivity contribution in [2.45, 2.75) is 38.2 Å². The molecule has 2 aromatic rings. The second-order valence-corrected chi connectivity index (χ2v) is 8.12. The molecule has 0 bridgehead atoms. The summed E-state index contributed by atoms with van der Waals surface area (Å²) in [6.45, 7) is 3.09. The minimum Gasteiger partial charge on any atom is -0.403 e. The van der Waals surface area contributed by atoms with Gasteiger partial charge in [-0.15, -0.1) is 0 Å². The van der Waals surface area contributed by atoms with Gasteiger partial charge >= 0.3 is 0 Å². The first-order valence-electron chi connectivity index (χ1n) is 10.3. The number of nitrogens with one attached hydrogen (secondary N) is 3. The largest absolute Gasteiger partial charge is 0.403 e. The van der Waals surface area contributed by atoms with Crippen molar-refractivity contribution >= 4 is 29.0 Å². The van der Waals surface area contributed by atoms with Gasteiger partial charge in [-0.05, 0) is 26.7 Å². The maximum Gasteiger partial charge on any atom is 0.278 e. The molecule has 2 heterocycles. The lowest BCUT2D eigenvalue weighted by atomic mass is 10.1. The van der Waals surface area contributed by atoms with Crippen LogP contribution in [0, 0.1) is 0 Å². The number of nitrogens with zero attached hydrogens (tertiary/aromatic N) is 5. The molecular formula is C21H27N9O3. The minimum atomic E-state index is -1.12. The fourth-order valence-corrected chi connectivity index (χ4v) is 2.81. The van der Waals surface area contributed by atoms with E-state index in [0.29, 0.717) is 11.4 Å². The van der Waals surface area contributed by atoms with Gasteiger partial charge < -0.3 is 26.8 Å². The Morgan fingerprint density at radius 1 is 1.27 bits per heavy atom. The third kappa shape index (κ3) is 6.53. The first-order valence-corrected chi connectivity index (χ1v) is 10.3. The smallest absolute Gasteiger partial charge is 0.278 e. The lowest BCUT2D eigenvalue weighted by Gasteiger charge is -2.19. The van der Waals surface area contributed by atoms with E-state index >= 15 is 0 Å². The number of hydrogen-bond acceptors (Lipinski definition) is 10. The van der Waals surface area contributed by atoms with Crippen LogP contribution < -0.4 is 21.7 Å². The van der Waals surface area contributed by atoms with Gasteiger partial charge in [0.2, 0.25) is 0 Å². The molecule has 0 aromatic carbocycles. The summed E-state index contributed by atoms with van der Waals surface area (Å²) < 4.78 is 0. The van der Waals surface area contributed by atoms with Gasteiger partial charge in [0.05, 0.1) is 41.3 Å². The summed E-state index contributed by atoms with van der Waals surface area (Å²) in [5.74, 6) is -0.765. The third-order valence-corrected chi connectivity index (χ3v) is 4.62. The van der Waals surface area contributed by atoms with Crippen LogP contribution in [0.2, 0.25) is 0 Å². The maximum atomic E-state index is 13.2. The molecule has 1 aliphatic carbocycles. The highest BCUT2D eigenvalue weighted by Gasteiger charge is 2.28. The summed E-state index contributed by atoms with van der Waals surface area (Å²) in [6, 6.07) is 0. The average Bonchev–Trinajstić information content (AvgIpc) is 3.63. The van der Waals surface area contributed by atoms with E-state index in [-0.39, 0.29) is 35.4 Å². The van der Waals surface area contributed by atoms with Crippen LogP contribution in [0.4, 0.5) is 11.5 Å². The first kappa shape index (κ1) is 23.7. The molecule has 12 heteroatoms. The summed E-state index contributed by atoms with van der Waals surface area (Å²) >= 11 is 0. The van der Waals surface area contributed by atoms with E-state index in [2.05, 4.69) is 40.9 Å². The van der Waals surface area contributed by atoms with E-state index in [1.54, 1.807) is 20.0 Å². The van der Waals surface area contributed by atoms with Gasteiger partial charge in [-0.1, -0.05) is 0 Å². The fourth-order valence-electron chi connectivity index (χ4n) is 2.81. The molecule has 0 saturated heterocycles. The number of nitrogens with two attached hydrogens (primary N) is 1. The van der Waals surface area contributed by atoms with Gasteiger partial charge in [0.15, 0.2) is 11.5 Å². The van der Waals surface area contributed by atoms with Crippen molar-refractivity contribution in [1.82, 2.24) is 30.6 Å². The Bertz CT molecular complexity index is 1070. The van der Waals surface area contributed by atoms with Crippen molar-refractivity contribution in [2.75, 3.05) is 18.9 Å².